The Balaban J connectivity index is 1.68. The Morgan fingerprint density at radius 3 is 2.39 bits per heavy atom. The zero-order chi connectivity index (χ0) is 27.4. The van der Waals surface area contributed by atoms with Crippen LogP contribution in [-0.2, 0) is 17.5 Å². The number of methoxy groups -OCH3 is 1. The number of anilines is 1. The van der Waals surface area contributed by atoms with Gasteiger partial charge in [0.1, 0.15) is 29.0 Å². The van der Waals surface area contributed by atoms with Gasteiger partial charge in [0.15, 0.2) is 0 Å². The number of nitrogens with zero attached hydrogens (tertiary/aromatic N) is 3. The molecule has 1 aliphatic heterocycles. The number of carboxylic acids is 1. The van der Waals surface area contributed by atoms with Crippen LogP contribution in [0.15, 0.2) is 59.4 Å². The summed E-state index contributed by atoms with van der Waals surface area (Å²) in [6, 6.07) is 13.4. The van der Waals surface area contributed by atoms with Crippen molar-refractivity contribution in [2.24, 2.45) is 0 Å². The lowest BCUT2D eigenvalue weighted by Crippen LogP contribution is -2.37. The summed E-state index contributed by atoms with van der Waals surface area (Å²) >= 11 is 5.92. The first-order chi connectivity index (χ1) is 18.0. The number of rotatable bonds is 9. The molecule has 0 unspecified atom stereocenters. The van der Waals surface area contributed by atoms with Gasteiger partial charge in [-0.2, -0.15) is 18.3 Å². The lowest BCUT2D eigenvalue weighted by atomic mass is 10.1. The normalized spacial score (nSPS) is 17.4. The molecule has 0 saturated carbocycles. The van der Waals surface area contributed by atoms with E-state index in [0.717, 1.165) is 10.7 Å². The molecule has 0 aliphatic carbocycles. The Kier molecular flexibility index (Phi) is 8.15. The number of carboxylic acid groups (broad SMARTS) is 1. The number of alkyl halides is 3. The molecule has 202 valence electrons. The van der Waals surface area contributed by atoms with Gasteiger partial charge in [-0.05, 0) is 48.4 Å². The van der Waals surface area contributed by atoms with E-state index in [0.29, 0.717) is 28.5 Å². The third-order valence-electron chi connectivity index (χ3n) is 6.24. The Hall–Kier alpha value is -3.73. The van der Waals surface area contributed by atoms with Gasteiger partial charge in [-0.3, -0.25) is 9.59 Å². The maximum Gasteiger partial charge on any atom is 0.421 e. The van der Waals surface area contributed by atoms with Crippen LogP contribution < -0.4 is 19.9 Å². The van der Waals surface area contributed by atoms with Crippen molar-refractivity contribution in [2.75, 3.05) is 18.6 Å². The maximum absolute atomic E-state index is 13.9. The largest absolute Gasteiger partial charge is 0.497 e. The van der Waals surface area contributed by atoms with E-state index in [-0.39, 0.29) is 31.7 Å². The highest BCUT2D eigenvalue weighted by Gasteiger charge is 2.39. The summed E-state index contributed by atoms with van der Waals surface area (Å²) < 4.78 is 53.6. The number of halogens is 4. The van der Waals surface area contributed by atoms with Crippen molar-refractivity contribution < 1.29 is 32.5 Å². The Labute approximate surface area is 221 Å². The zero-order valence-corrected chi connectivity index (χ0v) is 21.1. The van der Waals surface area contributed by atoms with Gasteiger partial charge in [0.05, 0.1) is 20.2 Å². The first-order valence-corrected chi connectivity index (χ1v) is 12.1. The molecule has 8 nitrogen and oxygen atoms in total. The minimum atomic E-state index is -4.91. The summed E-state index contributed by atoms with van der Waals surface area (Å²) in [5.74, 6) is -0.0287. The van der Waals surface area contributed by atoms with E-state index in [4.69, 9.17) is 21.1 Å². The van der Waals surface area contributed by atoms with Gasteiger partial charge in [0.2, 0.25) is 0 Å². The van der Waals surface area contributed by atoms with Crippen LogP contribution in [0.5, 0.6) is 11.5 Å². The van der Waals surface area contributed by atoms with Crippen molar-refractivity contribution in [1.29, 1.82) is 0 Å². The average Bonchev–Trinajstić information content (AvgIpc) is 3.27. The molecule has 1 aromatic heterocycles. The molecular weight excluding hydrogens is 527 g/mol. The van der Waals surface area contributed by atoms with Crippen LogP contribution in [0.3, 0.4) is 0 Å². The van der Waals surface area contributed by atoms with Gasteiger partial charge in [0.25, 0.3) is 5.56 Å². The standard InChI is InChI=1S/C26H25ClF3N3O5/c1-37-19-7-2-16(3-8-19)14-33-25(36)22(26(28,29)30)13-23(31-33)32-15-21(12-18(32)6-11-24(34)35)38-20-9-4-17(27)5-10-20/h2-5,7-10,13,18,21H,6,11-12,14-15H2,1H3,(H,34,35)/t18-,21+/m1/s1. The summed E-state index contributed by atoms with van der Waals surface area (Å²) in [6.45, 7) is -0.0456. The second-order valence-electron chi connectivity index (χ2n) is 8.89. The highest BCUT2D eigenvalue weighted by molar-refractivity contribution is 6.30. The number of aromatic nitrogens is 2. The molecule has 2 atom stereocenters. The Bertz CT molecular complexity index is 1330. The second kappa shape index (κ2) is 11.3. The highest BCUT2D eigenvalue weighted by Crippen LogP contribution is 2.33. The van der Waals surface area contributed by atoms with Crippen molar-refractivity contribution in [3.05, 3.63) is 81.1 Å². The summed E-state index contributed by atoms with van der Waals surface area (Å²) in [4.78, 5) is 25.6. The molecule has 38 heavy (non-hydrogen) atoms. The average molecular weight is 552 g/mol. The van der Waals surface area contributed by atoms with E-state index in [1.165, 1.54) is 7.11 Å². The quantitative estimate of drug-likeness (QED) is 0.406. The molecule has 1 N–H and O–H groups in total. The van der Waals surface area contributed by atoms with Crippen LogP contribution in [0.4, 0.5) is 19.0 Å². The first-order valence-electron chi connectivity index (χ1n) is 11.8. The number of ether oxygens (including phenoxy) is 2. The fourth-order valence-corrected chi connectivity index (χ4v) is 4.52. The van der Waals surface area contributed by atoms with Crippen LogP contribution in [-0.4, -0.2) is 46.7 Å². The SMILES string of the molecule is COc1ccc(Cn2nc(N3C[C@@H](Oc4ccc(Cl)cc4)C[C@H]3CCC(=O)O)cc(C(F)(F)F)c2=O)cc1. The monoisotopic (exact) mass is 551 g/mol. The van der Waals surface area contributed by atoms with Gasteiger partial charge in [-0.15, -0.1) is 0 Å². The van der Waals surface area contributed by atoms with Crippen molar-refractivity contribution in [1.82, 2.24) is 9.78 Å². The van der Waals surface area contributed by atoms with Crippen LogP contribution in [0.25, 0.3) is 0 Å². The highest BCUT2D eigenvalue weighted by atomic mass is 35.5. The third kappa shape index (κ3) is 6.58. The topological polar surface area (TPSA) is 93.9 Å². The van der Waals surface area contributed by atoms with Crippen molar-refractivity contribution in [2.45, 2.75) is 44.1 Å². The predicted molar refractivity (Wildman–Crippen MR) is 134 cm³/mol. The molecule has 3 aromatic rings. The molecule has 1 fully saturated rings. The molecule has 2 aromatic carbocycles. The van der Waals surface area contributed by atoms with Crippen LogP contribution >= 0.6 is 11.6 Å². The Morgan fingerprint density at radius 2 is 1.79 bits per heavy atom. The molecule has 0 radical (unpaired) electrons. The van der Waals surface area contributed by atoms with E-state index in [9.17, 15) is 27.9 Å². The maximum atomic E-state index is 13.9. The first kappa shape index (κ1) is 27.3. The van der Waals surface area contributed by atoms with Crippen LogP contribution in [0.2, 0.25) is 5.02 Å². The molecule has 2 heterocycles. The van der Waals surface area contributed by atoms with Crippen molar-refractivity contribution in [3.8, 4) is 11.5 Å². The van der Waals surface area contributed by atoms with Gasteiger partial charge >= 0.3 is 12.1 Å². The van der Waals surface area contributed by atoms with E-state index in [1.807, 2.05) is 0 Å². The molecule has 0 bridgehead atoms. The van der Waals surface area contributed by atoms with E-state index in [2.05, 4.69) is 5.10 Å². The minimum Gasteiger partial charge on any atom is -0.497 e. The molecule has 1 saturated heterocycles. The van der Waals surface area contributed by atoms with E-state index >= 15 is 0 Å². The van der Waals surface area contributed by atoms with E-state index < -0.39 is 35.4 Å². The van der Waals surface area contributed by atoms with Gasteiger partial charge < -0.3 is 19.5 Å². The van der Waals surface area contributed by atoms with Crippen LogP contribution in [0.1, 0.15) is 30.4 Å². The summed E-state index contributed by atoms with van der Waals surface area (Å²) in [5.41, 5.74) is -2.07. The van der Waals surface area contributed by atoms with Gasteiger partial charge in [0, 0.05) is 30.0 Å². The smallest absolute Gasteiger partial charge is 0.421 e. The second-order valence-corrected chi connectivity index (χ2v) is 9.33. The molecule has 12 heteroatoms. The molecular formula is C26H25ClF3N3O5. The predicted octanol–water partition coefficient (Wildman–Crippen LogP) is 4.86. The molecule has 4 rings (SSSR count). The third-order valence-corrected chi connectivity index (χ3v) is 6.49. The van der Waals surface area contributed by atoms with E-state index in [1.54, 1.807) is 53.4 Å². The summed E-state index contributed by atoms with van der Waals surface area (Å²) in [5, 5.41) is 14.0. The number of aliphatic carboxylic acids is 1. The fourth-order valence-electron chi connectivity index (χ4n) is 4.39. The fraction of sp³-hybridized carbons (Fsp3) is 0.346. The molecule has 0 spiro atoms. The zero-order valence-electron chi connectivity index (χ0n) is 20.3. The Morgan fingerprint density at radius 1 is 1.13 bits per heavy atom. The van der Waals surface area contributed by atoms with Crippen LogP contribution in [0, 0.1) is 0 Å². The van der Waals surface area contributed by atoms with Crippen molar-refractivity contribution >= 4 is 23.4 Å². The number of hydrogen-bond acceptors (Lipinski definition) is 6. The molecule has 0 amide bonds. The minimum absolute atomic E-state index is 0.0805. The summed E-state index contributed by atoms with van der Waals surface area (Å²) in [7, 11) is 1.49. The van der Waals surface area contributed by atoms with Crippen molar-refractivity contribution in [3.63, 3.8) is 0 Å². The molecule has 1 aliphatic rings. The lowest BCUT2D eigenvalue weighted by Gasteiger charge is -2.26. The summed E-state index contributed by atoms with van der Waals surface area (Å²) in [6.07, 6.45) is -5.03. The van der Waals surface area contributed by atoms with Gasteiger partial charge in [-0.1, -0.05) is 23.7 Å². The number of hydrogen-bond donors (Lipinski definition) is 1. The number of carbonyl (C=O) groups is 1. The number of benzene rings is 2. The lowest BCUT2D eigenvalue weighted by molar-refractivity contribution is -0.139. The van der Waals surface area contributed by atoms with Gasteiger partial charge in [-0.25, -0.2) is 4.68 Å².